The van der Waals surface area contributed by atoms with E-state index < -0.39 is 0 Å². The van der Waals surface area contributed by atoms with Crippen LogP contribution in [0, 0.1) is 0 Å². The summed E-state index contributed by atoms with van der Waals surface area (Å²) < 4.78 is 0. The highest BCUT2D eigenvalue weighted by Crippen LogP contribution is 2.25. The predicted octanol–water partition coefficient (Wildman–Crippen LogP) is 3.01. The van der Waals surface area contributed by atoms with E-state index in [4.69, 9.17) is 0 Å². The summed E-state index contributed by atoms with van der Waals surface area (Å²) in [5, 5.41) is 3.50. The molecule has 0 radical (unpaired) electrons. The zero-order valence-electron chi connectivity index (χ0n) is 12.5. The van der Waals surface area contributed by atoms with Crippen LogP contribution in [0.3, 0.4) is 0 Å². The standard InChI is InChI=1S/C18H23N3/c1-2-10-18-16(7-1)8-4-6-13-21(18)14-12-19-15-17-9-3-5-11-20-17/h1-3,5,7,9-11,19H,4,6,8,12-15H2. The molecule has 0 amide bonds. The monoisotopic (exact) mass is 281 g/mol. The number of nitrogens with one attached hydrogen (secondary N) is 1. The van der Waals surface area contributed by atoms with E-state index in [0.29, 0.717) is 0 Å². The fourth-order valence-corrected chi connectivity index (χ4v) is 2.93. The van der Waals surface area contributed by atoms with Crippen LogP contribution in [0.5, 0.6) is 0 Å². The second-order valence-corrected chi connectivity index (χ2v) is 5.57. The van der Waals surface area contributed by atoms with Crippen LogP contribution in [-0.2, 0) is 13.0 Å². The largest absolute Gasteiger partial charge is 0.370 e. The molecule has 0 aliphatic carbocycles. The average Bonchev–Trinajstić information content (AvgIpc) is 2.75. The Morgan fingerprint density at radius 3 is 2.86 bits per heavy atom. The minimum Gasteiger partial charge on any atom is -0.370 e. The maximum absolute atomic E-state index is 4.34. The summed E-state index contributed by atoms with van der Waals surface area (Å²) in [6, 6.07) is 14.9. The first kappa shape index (κ1) is 14.1. The Balaban J connectivity index is 1.53. The smallest absolute Gasteiger partial charge is 0.0541 e. The van der Waals surface area contributed by atoms with E-state index in [2.05, 4.69) is 45.5 Å². The third-order valence-corrected chi connectivity index (χ3v) is 4.05. The lowest BCUT2D eigenvalue weighted by atomic mass is 10.1. The Morgan fingerprint density at radius 1 is 1.05 bits per heavy atom. The molecule has 1 N–H and O–H groups in total. The summed E-state index contributed by atoms with van der Waals surface area (Å²) in [5.41, 5.74) is 4.03. The van der Waals surface area contributed by atoms with Crippen molar-refractivity contribution in [1.82, 2.24) is 10.3 Å². The highest BCUT2D eigenvalue weighted by atomic mass is 15.1. The molecule has 3 rings (SSSR count). The second kappa shape index (κ2) is 7.23. The molecule has 1 aromatic heterocycles. The molecular weight excluding hydrogens is 258 g/mol. The van der Waals surface area contributed by atoms with Gasteiger partial charge >= 0.3 is 0 Å². The van der Waals surface area contributed by atoms with Crippen molar-refractivity contribution in [1.29, 1.82) is 0 Å². The number of nitrogens with zero attached hydrogens (tertiary/aromatic N) is 2. The van der Waals surface area contributed by atoms with Gasteiger partial charge in [0.1, 0.15) is 0 Å². The maximum Gasteiger partial charge on any atom is 0.0541 e. The van der Waals surface area contributed by atoms with Gasteiger partial charge in [0.05, 0.1) is 5.69 Å². The molecule has 0 bridgehead atoms. The first-order chi connectivity index (χ1) is 10.4. The molecule has 110 valence electrons. The first-order valence-electron chi connectivity index (χ1n) is 7.87. The van der Waals surface area contributed by atoms with Crippen LogP contribution in [0.15, 0.2) is 48.7 Å². The topological polar surface area (TPSA) is 28.2 Å². The van der Waals surface area contributed by atoms with Crippen molar-refractivity contribution < 1.29 is 0 Å². The van der Waals surface area contributed by atoms with Crippen molar-refractivity contribution in [3.8, 4) is 0 Å². The Morgan fingerprint density at radius 2 is 1.95 bits per heavy atom. The number of anilines is 1. The van der Waals surface area contributed by atoms with Gasteiger partial charge in [0, 0.05) is 38.1 Å². The molecule has 1 aromatic carbocycles. The number of benzene rings is 1. The van der Waals surface area contributed by atoms with Gasteiger partial charge in [-0.25, -0.2) is 0 Å². The van der Waals surface area contributed by atoms with Gasteiger partial charge in [-0.05, 0) is 43.0 Å². The number of rotatable bonds is 5. The van der Waals surface area contributed by atoms with Gasteiger partial charge in [0.2, 0.25) is 0 Å². The van der Waals surface area contributed by atoms with Gasteiger partial charge < -0.3 is 10.2 Å². The van der Waals surface area contributed by atoms with Crippen LogP contribution < -0.4 is 10.2 Å². The number of hydrogen-bond acceptors (Lipinski definition) is 3. The van der Waals surface area contributed by atoms with E-state index in [1.165, 1.54) is 37.1 Å². The van der Waals surface area contributed by atoms with E-state index in [1.807, 2.05) is 18.3 Å². The number of hydrogen-bond donors (Lipinski definition) is 1. The van der Waals surface area contributed by atoms with E-state index in [9.17, 15) is 0 Å². The minimum absolute atomic E-state index is 0.844. The Bertz CT molecular complexity index is 553. The Labute approximate surface area is 127 Å². The van der Waals surface area contributed by atoms with Crippen molar-refractivity contribution in [2.75, 3.05) is 24.5 Å². The molecule has 0 saturated heterocycles. The minimum atomic E-state index is 0.844. The fraction of sp³-hybridized carbons (Fsp3) is 0.389. The normalized spacial score (nSPS) is 14.6. The van der Waals surface area contributed by atoms with Crippen LogP contribution in [-0.4, -0.2) is 24.6 Å². The molecule has 3 heteroatoms. The second-order valence-electron chi connectivity index (χ2n) is 5.57. The van der Waals surface area contributed by atoms with Crippen molar-refractivity contribution in [2.45, 2.75) is 25.8 Å². The molecule has 0 spiro atoms. The highest BCUT2D eigenvalue weighted by molar-refractivity contribution is 5.54. The molecule has 1 aliphatic heterocycles. The molecule has 0 unspecified atom stereocenters. The molecule has 0 atom stereocenters. The van der Waals surface area contributed by atoms with Crippen LogP contribution >= 0.6 is 0 Å². The Kier molecular flexibility index (Phi) is 4.85. The third-order valence-electron chi connectivity index (χ3n) is 4.05. The van der Waals surface area contributed by atoms with Crippen molar-refractivity contribution >= 4 is 5.69 Å². The summed E-state index contributed by atoms with van der Waals surface area (Å²) in [7, 11) is 0. The van der Waals surface area contributed by atoms with Gasteiger partial charge in [-0.2, -0.15) is 0 Å². The summed E-state index contributed by atoms with van der Waals surface area (Å²) in [6.45, 7) is 4.06. The summed E-state index contributed by atoms with van der Waals surface area (Å²) in [6.07, 6.45) is 5.65. The van der Waals surface area contributed by atoms with Crippen LogP contribution in [0.1, 0.15) is 24.1 Å². The van der Waals surface area contributed by atoms with Gasteiger partial charge in [-0.15, -0.1) is 0 Å². The molecule has 2 heterocycles. The van der Waals surface area contributed by atoms with Crippen molar-refractivity contribution in [3.05, 3.63) is 59.9 Å². The van der Waals surface area contributed by atoms with Crippen LogP contribution in [0.4, 0.5) is 5.69 Å². The van der Waals surface area contributed by atoms with E-state index in [-0.39, 0.29) is 0 Å². The first-order valence-corrected chi connectivity index (χ1v) is 7.87. The molecule has 21 heavy (non-hydrogen) atoms. The highest BCUT2D eigenvalue weighted by Gasteiger charge is 2.13. The van der Waals surface area contributed by atoms with Crippen molar-refractivity contribution in [2.24, 2.45) is 0 Å². The summed E-state index contributed by atoms with van der Waals surface area (Å²) in [5.74, 6) is 0. The van der Waals surface area contributed by atoms with E-state index in [1.54, 1.807) is 0 Å². The maximum atomic E-state index is 4.34. The molecule has 2 aromatic rings. The van der Waals surface area contributed by atoms with Gasteiger partial charge in [0.15, 0.2) is 0 Å². The molecule has 0 fully saturated rings. The van der Waals surface area contributed by atoms with Gasteiger partial charge in [-0.3, -0.25) is 4.98 Å². The van der Waals surface area contributed by atoms with Crippen molar-refractivity contribution in [3.63, 3.8) is 0 Å². The van der Waals surface area contributed by atoms with Gasteiger partial charge in [0.25, 0.3) is 0 Å². The molecular formula is C18H23N3. The summed E-state index contributed by atoms with van der Waals surface area (Å²) in [4.78, 5) is 6.86. The van der Waals surface area contributed by atoms with Crippen LogP contribution in [0.2, 0.25) is 0 Å². The lowest BCUT2D eigenvalue weighted by Gasteiger charge is -2.25. The van der Waals surface area contributed by atoms with E-state index >= 15 is 0 Å². The number of fused-ring (bicyclic) bond motifs is 1. The van der Waals surface area contributed by atoms with Crippen LogP contribution in [0.25, 0.3) is 0 Å². The third kappa shape index (κ3) is 3.82. The molecule has 0 saturated carbocycles. The Hall–Kier alpha value is -1.87. The SMILES string of the molecule is c1ccc(CNCCN2CCCCc3ccccc32)nc1. The van der Waals surface area contributed by atoms with E-state index in [0.717, 1.165) is 25.3 Å². The van der Waals surface area contributed by atoms with Gasteiger partial charge in [-0.1, -0.05) is 24.3 Å². The number of pyridine rings is 1. The predicted molar refractivity (Wildman–Crippen MR) is 87.5 cm³/mol. The number of para-hydroxylation sites is 1. The lowest BCUT2D eigenvalue weighted by molar-refractivity contribution is 0.639. The fourth-order valence-electron chi connectivity index (χ4n) is 2.93. The lowest BCUT2D eigenvalue weighted by Crippen LogP contribution is -2.32. The molecule has 1 aliphatic rings. The summed E-state index contributed by atoms with van der Waals surface area (Å²) >= 11 is 0. The quantitative estimate of drug-likeness (QED) is 0.854. The average molecular weight is 281 g/mol. The molecule has 3 nitrogen and oxygen atoms in total. The zero-order valence-corrected chi connectivity index (χ0v) is 12.5. The zero-order chi connectivity index (χ0) is 14.3. The number of aryl methyl sites for hydroxylation is 1. The number of aromatic nitrogens is 1.